The van der Waals surface area contributed by atoms with Crippen molar-refractivity contribution in [2.45, 2.75) is 52.5 Å². The summed E-state index contributed by atoms with van der Waals surface area (Å²) in [6.45, 7) is 7.01. The van der Waals surface area contributed by atoms with Crippen LogP contribution in [-0.4, -0.2) is 36.9 Å². The maximum Gasteiger partial charge on any atom is 0.225 e. The van der Waals surface area contributed by atoms with E-state index >= 15 is 0 Å². The number of hydrogen-bond acceptors (Lipinski definition) is 3. The number of nitrogens with one attached hydrogen (secondary N) is 1. The molecule has 1 aromatic carbocycles. The highest BCUT2D eigenvalue weighted by molar-refractivity contribution is 5.81. The number of methoxy groups -OCH3 is 1. The summed E-state index contributed by atoms with van der Waals surface area (Å²) in [4.78, 5) is 26.4. The molecule has 1 aliphatic heterocycles. The molecule has 5 heteroatoms. The molecule has 0 radical (unpaired) electrons. The van der Waals surface area contributed by atoms with Gasteiger partial charge in [0, 0.05) is 24.9 Å². The first-order valence-electron chi connectivity index (χ1n) is 9.04. The fraction of sp³-hybridized carbons (Fsp3) is 0.600. The highest BCUT2D eigenvalue weighted by Gasteiger charge is 2.29. The quantitative estimate of drug-likeness (QED) is 0.804. The second kappa shape index (κ2) is 8.37. The van der Waals surface area contributed by atoms with E-state index in [1.807, 2.05) is 49.9 Å². The third kappa shape index (κ3) is 5.21. The van der Waals surface area contributed by atoms with Gasteiger partial charge in [-0.25, -0.2) is 0 Å². The lowest BCUT2D eigenvalue weighted by molar-refractivity contribution is -0.133. The summed E-state index contributed by atoms with van der Waals surface area (Å²) in [5.41, 5.74) is 0.769. The summed E-state index contributed by atoms with van der Waals surface area (Å²) >= 11 is 0. The summed E-state index contributed by atoms with van der Waals surface area (Å²) in [6, 6.07) is 8.12. The van der Waals surface area contributed by atoms with Crippen molar-refractivity contribution in [3.8, 4) is 5.75 Å². The summed E-state index contributed by atoms with van der Waals surface area (Å²) in [6.07, 6.45) is 3.17. The Hall–Kier alpha value is -2.04. The highest BCUT2D eigenvalue weighted by Crippen LogP contribution is 2.33. The molecule has 1 N–H and O–H groups in total. The summed E-state index contributed by atoms with van der Waals surface area (Å²) in [5.74, 6) is 1.02. The fourth-order valence-electron chi connectivity index (χ4n) is 3.09. The molecule has 1 unspecified atom stereocenters. The molecule has 2 amide bonds. The van der Waals surface area contributed by atoms with Crippen LogP contribution >= 0.6 is 0 Å². The van der Waals surface area contributed by atoms with Gasteiger partial charge in [0.2, 0.25) is 11.8 Å². The van der Waals surface area contributed by atoms with Gasteiger partial charge in [-0.2, -0.15) is 0 Å². The zero-order valence-electron chi connectivity index (χ0n) is 15.8. The normalized spacial score (nSPS) is 17.4. The van der Waals surface area contributed by atoms with Crippen molar-refractivity contribution < 1.29 is 14.3 Å². The van der Waals surface area contributed by atoms with Crippen LogP contribution in [0, 0.1) is 5.41 Å². The van der Waals surface area contributed by atoms with Gasteiger partial charge in [-0.15, -0.1) is 0 Å². The minimum absolute atomic E-state index is 0.0252. The number of carbonyl (C=O) groups is 2. The van der Waals surface area contributed by atoms with Gasteiger partial charge in [0.05, 0.1) is 13.2 Å². The van der Waals surface area contributed by atoms with Crippen LogP contribution in [0.5, 0.6) is 5.75 Å². The second-order valence-corrected chi connectivity index (χ2v) is 7.63. The van der Waals surface area contributed by atoms with Crippen molar-refractivity contribution in [2.75, 3.05) is 20.2 Å². The first-order valence-corrected chi connectivity index (χ1v) is 9.04. The largest absolute Gasteiger partial charge is 0.497 e. The standard InChI is InChI=1S/C20H30N2O3/c1-20(2,3)19(24)21-13-5-8-18(23)22-14-6-7-17(22)15-9-11-16(25-4)12-10-15/h9-12,17H,5-8,13-14H2,1-4H3,(H,21,24). The molecule has 5 nitrogen and oxygen atoms in total. The van der Waals surface area contributed by atoms with Gasteiger partial charge in [-0.3, -0.25) is 9.59 Å². The van der Waals surface area contributed by atoms with E-state index in [-0.39, 0.29) is 17.9 Å². The van der Waals surface area contributed by atoms with Crippen LogP contribution in [-0.2, 0) is 9.59 Å². The lowest BCUT2D eigenvalue weighted by Crippen LogP contribution is -2.36. The Morgan fingerprint density at radius 2 is 1.92 bits per heavy atom. The summed E-state index contributed by atoms with van der Waals surface area (Å²) < 4.78 is 5.20. The van der Waals surface area contributed by atoms with E-state index in [1.54, 1.807) is 7.11 Å². The van der Waals surface area contributed by atoms with Crippen molar-refractivity contribution in [2.24, 2.45) is 5.41 Å². The molecule has 1 fully saturated rings. The molecule has 0 bridgehead atoms. The van der Waals surface area contributed by atoms with E-state index in [4.69, 9.17) is 4.74 Å². The first-order chi connectivity index (χ1) is 11.8. The Morgan fingerprint density at radius 3 is 2.52 bits per heavy atom. The van der Waals surface area contributed by atoms with Crippen LogP contribution in [0.25, 0.3) is 0 Å². The molecule has 2 rings (SSSR count). The van der Waals surface area contributed by atoms with E-state index in [9.17, 15) is 9.59 Å². The third-order valence-electron chi connectivity index (χ3n) is 4.61. The van der Waals surface area contributed by atoms with E-state index < -0.39 is 5.41 Å². The summed E-state index contributed by atoms with van der Waals surface area (Å²) in [5, 5.41) is 2.90. The number of ether oxygens (including phenoxy) is 1. The number of carbonyl (C=O) groups excluding carboxylic acids is 2. The van der Waals surface area contributed by atoms with Crippen molar-refractivity contribution in [3.05, 3.63) is 29.8 Å². The van der Waals surface area contributed by atoms with Gasteiger partial charge in [0.15, 0.2) is 0 Å². The van der Waals surface area contributed by atoms with E-state index in [2.05, 4.69) is 5.32 Å². The molecular weight excluding hydrogens is 316 g/mol. The van der Waals surface area contributed by atoms with Gasteiger partial charge < -0.3 is 15.0 Å². The average molecular weight is 346 g/mol. The minimum atomic E-state index is -0.390. The second-order valence-electron chi connectivity index (χ2n) is 7.63. The molecule has 1 aliphatic rings. The molecular formula is C20H30N2O3. The summed E-state index contributed by atoms with van der Waals surface area (Å²) in [7, 11) is 1.65. The van der Waals surface area contributed by atoms with Crippen LogP contribution in [0.3, 0.4) is 0 Å². The molecule has 1 saturated heterocycles. The minimum Gasteiger partial charge on any atom is -0.497 e. The molecule has 138 valence electrons. The number of likely N-dealkylation sites (tertiary alicyclic amines) is 1. The SMILES string of the molecule is COc1ccc(C2CCCN2C(=O)CCCNC(=O)C(C)(C)C)cc1. The predicted octanol–water partition coefficient (Wildman–Crippen LogP) is 3.30. The molecule has 25 heavy (non-hydrogen) atoms. The number of rotatable bonds is 6. The lowest BCUT2D eigenvalue weighted by atomic mass is 9.96. The molecule has 1 aromatic rings. The van der Waals surface area contributed by atoms with Gasteiger partial charge in [-0.1, -0.05) is 32.9 Å². The number of benzene rings is 1. The Morgan fingerprint density at radius 1 is 1.24 bits per heavy atom. The molecule has 1 heterocycles. The van der Waals surface area contributed by atoms with E-state index in [1.165, 1.54) is 0 Å². The molecule has 0 spiro atoms. The number of hydrogen-bond donors (Lipinski definition) is 1. The average Bonchev–Trinajstić information content (AvgIpc) is 3.07. The maximum atomic E-state index is 12.6. The molecule has 0 aliphatic carbocycles. The molecule has 1 atom stereocenters. The predicted molar refractivity (Wildman–Crippen MR) is 98.4 cm³/mol. The Balaban J connectivity index is 1.84. The van der Waals surface area contributed by atoms with Crippen LogP contribution < -0.4 is 10.1 Å². The zero-order chi connectivity index (χ0) is 18.4. The Bertz CT molecular complexity index is 590. The monoisotopic (exact) mass is 346 g/mol. The smallest absolute Gasteiger partial charge is 0.225 e. The highest BCUT2D eigenvalue weighted by atomic mass is 16.5. The third-order valence-corrected chi connectivity index (χ3v) is 4.61. The topological polar surface area (TPSA) is 58.6 Å². The van der Waals surface area contributed by atoms with Gasteiger partial charge >= 0.3 is 0 Å². The van der Waals surface area contributed by atoms with Crippen LogP contribution in [0.1, 0.15) is 58.1 Å². The van der Waals surface area contributed by atoms with Crippen LogP contribution in [0.2, 0.25) is 0 Å². The lowest BCUT2D eigenvalue weighted by Gasteiger charge is -2.25. The van der Waals surface area contributed by atoms with Gasteiger partial charge in [0.25, 0.3) is 0 Å². The number of nitrogens with zero attached hydrogens (tertiary/aromatic N) is 1. The van der Waals surface area contributed by atoms with Crippen LogP contribution in [0.15, 0.2) is 24.3 Å². The van der Waals surface area contributed by atoms with E-state index in [0.717, 1.165) is 30.7 Å². The number of amides is 2. The van der Waals surface area contributed by atoms with Crippen LogP contribution in [0.4, 0.5) is 0 Å². The first kappa shape index (κ1) is 19.3. The van der Waals surface area contributed by atoms with Crippen molar-refractivity contribution in [1.82, 2.24) is 10.2 Å². The zero-order valence-corrected chi connectivity index (χ0v) is 15.8. The van der Waals surface area contributed by atoms with Gasteiger partial charge in [-0.05, 0) is 37.0 Å². The van der Waals surface area contributed by atoms with Crippen molar-refractivity contribution in [3.63, 3.8) is 0 Å². The maximum absolute atomic E-state index is 12.6. The molecule has 0 saturated carbocycles. The molecule has 0 aromatic heterocycles. The Labute approximate surface area is 150 Å². The Kier molecular flexibility index (Phi) is 6.45. The fourth-order valence-corrected chi connectivity index (χ4v) is 3.09. The van der Waals surface area contributed by atoms with Gasteiger partial charge in [0.1, 0.15) is 5.75 Å². The van der Waals surface area contributed by atoms with Crippen molar-refractivity contribution in [1.29, 1.82) is 0 Å². The van der Waals surface area contributed by atoms with E-state index in [0.29, 0.717) is 19.4 Å². The van der Waals surface area contributed by atoms with Crippen molar-refractivity contribution >= 4 is 11.8 Å².